The van der Waals surface area contributed by atoms with Crippen LogP contribution < -0.4 is 5.73 Å². The highest BCUT2D eigenvalue weighted by molar-refractivity contribution is 9.10. The first kappa shape index (κ1) is 12.7. The van der Waals surface area contributed by atoms with Crippen LogP contribution in [0.3, 0.4) is 0 Å². The van der Waals surface area contributed by atoms with Gasteiger partial charge in [0.2, 0.25) is 0 Å². The fraction of sp³-hybridized carbons (Fsp3) is 0.500. The van der Waals surface area contributed by atoms with Crippen molar-refractivity contribution in [2.75, 3.05) is 19.8 Å². The summed E-state index contributed by atoms with van der Waals surface area (Å²) in [6, 6.07) is 8.32. The number of nitrogens with two attached hydrogens (primary N) is 1. The molecule has 0 heterocycles. The molecule has 0 bridgehead atoms. The molecule has 84 valence electrons. The molecule has 0 fully saturated rings. The van der Waals surface area contributed by atoms with Gasteiger partial charge in [0.15, 0.2) is 0 Å². The van der Waals surface area contributed by atoms with Crippen molar-refractivity contribution in [1.82, 2.24) is 0 Å². The lowest BCUT2D eigenvalue weighted by molar-refractivity contribution is 0.140. The predicted molar refractivity (Wildman–Crippen MR) is 67.0 cm³/mol. The summed E-state index contributed by atoms with van der Waals surface area (Å²) in [6.07, 6.45) is 0.987. The van der Waals surface area contributed by atoms with Gasteiger partial charge in [0.25, 0.3) is 0 Å². The van der Waals surface area contributed by atoms with Crippen molar-refractivity contribution in [1.29, 1.82) is 0 Å². The molecule has 0 aromatic heterocycles. The van der Waals surface area contributed by atoms with Crippen LogP contribution in [0, 0.1) is 0 Å². The largest absolute Gasteiger partial charge is 0.382 e. The number of hydrogen-bond acceptors (Lipinski definition) is 2. The van der Waals surface area contributed by atoms with Crippen molar-refractivity contribution < 1.29 is 4.74 Å². The molecular weight excluding hydrogens is 254 g/mol. The van der Waals surface area contributed by atoms with Gasteiger partial charge < -0.3 is 10.5 Å². The fourth-order valence-corrected chi connectivity index (χ4v) is 1.97. The highest BCUT2D eigenvalue weighted by Gasteiger charge is 2.09. The van der Waals surface area contributed by atoms with Crippen LogP contribution in [0.15, 0.2) is 28.7 Å². The van der Waals surface area contributed by atoms with Gasteiger partial charge in [-0.15, -0.1) is 0 Å². The van der Waals surface area contributed by atoms with Crippen LogP contribution in [0.5, 0.6) is 0 Å². The van der Waals surface area contributed by atoms with E-state index in [1.807, 2.05) is 19.1 Å². The first-order valence-corrected chi connectivity index (χ1v) is 6.10. The Morgan fingerprint density at radius 2 is 2.27 bits per heavy atom. The molecule has 2 N–H and O–H groups in total. The smallest absolute Gasteiger partial charge is 0.0472 e. The SMILES string of the molecule is CCOCCC(CN)c1cccc(Br)c1. The Hall–Kier alpha value is -0.380. The number of hydrogen-bond donors (Lipinski definition) is 1. The minimum atomic E-state index is 0.397. The molecule has 0 saturated heterocycles. The molecule has 1 atom stereocenters. The van der Waals surface area contributed by atoms with E-state index in [1.165, 1.54) is 5.56 Å². The van der Waals surface area contributed by atoms with Gasteiger partial charge in [-0.25, -0.2) is 0 Å². The molecule has 0 amide bonds. The number of rotatable bonds is 6. The summed E-state index contributed by atoms with van der Waals surface area (Å²) in [4.78, 5) is 0. The van der Waals surface area contributed by atoms with E-state index in [4.69, 9.17) is 10.5 Å². The van der Waals surface area contributed by atoms with Gasteiger partial charge in [-0.1, -0.05) is 28.1 Å². The van der Waals surface area contributed by atoms with Crippen molar-refractivity contribution in [3.63, 3.8) is 0 Å². The molecule has 0 aliphatic rings. The Balaban J connectivity index is 2.57. The number of benzene rings is 1. The lowest BCUT2D eigenvalue weighted by Gasteiger charge is -2.15. The summed E-state index contributed by atoms with van der Waals surface area (Å²) < 4.78 is 6.46. The summed E-state index contributed by atoms with van der Waals surface area (Å²) in [6.45, 7) is 4.24. The predicted octanol–water partition coefficient (Wildman–Crippen LogP) is 2.92. The quantitative estimate of drug-likeness (QED) is 0.808. The highest BCUT2D eigenvalue weighted by Crippen LogP contribution is 2.21. The molecule has 0 aliphatic heterocycles. The molecule has 0 radical (unpaired) electrons. The summed E-state index contributed by atoms with van der Waals surface area (Å²) in [5.41, 5.74) is 7.05. The molecular formula is C12H18BrNO. The van der Waals surface area contributed by atoms with Gasteiger partial charge in [0, 0.05) is 17.7 Å². The topological polar surface area (TPSA) is 35.2 Å². The maximum Gasteiger partial charge on any atom is 0.0472 e. The lowest BCUT2D eigenvalue weighted by Crippen LogP contribution is -2.14. The third-order valence-electron chi connectivity index (χ3n) is 2.42. The van der Waals surface area contributed by atoms with E-state index in [1.54, 1.807) is 0 Å². The Morgan fingerprint density at radius 1 is 1.47 bits per heavy atom. The van der Waals surface area contributed by atoms with Gasteiger partial charge in [-0.3, -0.25) is 0 Å². The standard InChI is InChI=1S/C12H18BrNO/c1-2-15-7-6-11(9-14)10-4-3-5-12(13)8-10/h3-5,8,11H,2,6-7,9,14H2,1H3. The maximum atomic E-state index is 5.77. The molecule has 1 rings (SSSR count). The fourth-order valence-electron chi connectivity index (χ4n) is 1.55. The molecule has 0 saturated carbocycles. The number of ether oxygens (including phenoxy) is 1. The zero-order chi connectivity index (χ0) is 11.1. The van der Waals surface area contributed by atoms with E-state index in [9.17, 15) is 0 Å². The van der Waals surface area contributed by atoms with E-state index in [0.29, 0.717) is 12.5 Å². The van der Waals surface area contributed by atoms with Crippen molar-refractivity contribution in [3.8, 4) is 0 Å². The van der Waals surface area contributed by atoms with Gasteiger partial charge >= 0.3 is 0 Å². The van der Waals surface area contributed by atoms with Crippen molar-refractivity contribution in [3.05, 3.63) is 34.3 Å². The zero-order valence-corrected chi connectivity index (χ0v) is 10.7. The first-order valence-electron chi connectivity index (χ1n) is 5.31. The average Bonchev–Trinajstić information content (AvgIpc) is 2.24. The Bertz CT molecular complexity index is 291. The van der Waals surface area contributed by atoms with E-state index in [0.717, 1.165) is 24.1 Å². The van der Waals surface area contributed by atoms with Crippen LogP contribution in [0.25, 0.3) is 0 Å². The van der Waals surface area contributed by atoms with Crippen molar-refractivity contribution >= 4 is 15.9 Å². The van der Waals surface area contributed by atoms with Crippen LogP contribution in [0.2, 0.25) is 0 Å². The average molecular weight is 272 g/mol. The zero-order valence-electron chi connectivity index (χ0n) is 9.08. The van der Waals surface area contributed by atoms with Crippen LogP contribution >= 0.6 is 15.9 Å². The Morgan fingerprint density at radius 3 is 2.87 bits per heavy atom. The van der Waals surface area contributed by atoms with E-state index in [-0.39, 0.29) is 0 Å². The van der Waals surface area contributed by atoms with Gasteiger partial charge in [-0.05, 0) is 43.5 Å². The van der Waals surface area contributed by atoms with Gasteiger partial charge in [-0.2, -0.15) is 0 Å². The molecule has 15 heavy (non-hydrogen) atoms. The molecule has 1 aromatic carbocycles. The third-order valence-corrected chi connectivity index (χ3v) is 2.91. The van der Waals surface area contributed by atoms with Crippen molar-refractivity contribution in [2.24, 2.45) is 5.73 Å². The van der Waals surface area contributed by atoms with Crippen LogP contribution in [0.4, 0.5) is 0 Å². The van der Waals surface area contributed by atoms with Crippen LogP contribution in [0.1, 0.15) is 24.8 Å². The van der Waals surface area contributed by atoms with Crippen LogP contribution in [-0.4, -0.2) is 19.8 Å². The van der Waals surface area contributed by atoms with Crippen LogP contribution in [-0.2, 0) is 4.74 Å². The molecule has 3 heteroatoms. The highest BCUT2D eigenvalue weighted by atomic mass is 79.9. The van der Waals surface area contributed by atoms with Crippen molar-refractivity contribution in [2.45, 2.75) is 19.3 Å². The Kier molecular flexibility index (Phi) is 5.91. The van der Waals surface area contributed by atoms with E-state index < -0.39 is 0 Å². The first-order chi connectivity index (χ1) is 7.27. The molecule has 0 spiro atoms. The minimum Gasteiger partial charge on any atom is -0.382 e. The second kappa shape index (κ2) is 6.99. The summed E-state index contributed by atoms with van der Waals surface area (Å²) >= 11 is 3.47. The molecule has 2 nitrogen and oxygen atoms in total. The van der Waals surface area contributed by atoms with E-state index >= 15 is 0 Å². The monoisotopic (exact) mass is 271 g/mol. The second-order valence-corrected chi connectivity index (χ2v) is 4.39. The normalized spacial score (nSPS) is 12.7. The molecule has 0 aliphatic carbocycles. The molecule has 1 aromatic rings. The number of halogens is 1. The maximum absolute atomic E-state index is 5.77. The summed E-state index contributed by atoms with van der Waals surface area (Å²) in [5, 5.41) is 0. The van der Waals surface area contributed by atoms with E-state index in [2.05, 4.69) is 28.1 Å². The summed E-state index contributed by atoms with van der Waals surface area (Å²) in [5.74, 6) is 0.397. The van der Waals surface area contributed by atoms with Gasteiger partial charge in [0.05, 0.1) is 0 Å². The lowest BCUT2D eigenvalue weighted by atomic mass is 9.96. The Labute approximate surface area is 99.9 Å². The second-order valence-electron chi connectivity index (χ2n) is 3.47. The third kappa shape index (κ3) is 4.33. The minimum absolute atomic E-state index is 0.397. The van der Waals surface area contributed by atoms with Gasteiger partial charge in [0.1, 0.15) is 0 Å². The molecule has 1 unspecified atom stereocenters. The summed E-state index contributed by atoms with van der Waals surface area (Å²) in [7, 11) is 0.